The molecule has 1 aromatic carbocycles. The minimum atomic E-state index is -4.42. The standard InChI is InChI=1S/C13H15ClF3NO/c1-19-12-6-8(13(15,16)17)5-11(14)10(12)7-9-3-2-4-18-9/h5-6,9,18H,2-4,7H2,1H3. The first-order chi connectivity index (χ1) is 8.91. The minimum Gasteiger partial charge on any atom is -0.496 e. The van der Waals surface area contributed by atoms with Crippen molar-refractivity contribution in [1.82, 2.24) is 5.32 Å². The number of alkyl halides is 3. The van der Waals surface area contributed by atoms with Gasteiger partial charge < -0.3 is 10.1 Å². The van der Waals surface area contributed by atoms with Crippen molar-refractivity contribution < 1.29 is 17.9 Å². The molecule has 1 aliphatic heterocycles. The predicted octanol–water partition coefficient (Wildman–Crippen LogP) is 3.66. The largest absolute Gasteiger partial charge is 0.496 e. The van der Waals surface area contributed by atoms with Crippen LogP contribution in [0.2, 0.25) is 5.02 Å². The van der Waals surface area contributed by atoms with Gasteiger partial charge in [-0.2, -0.15) is 13.2 Å². The first-order valence-corrected chi connectivity index (χ1v) is 6.46. The molecular weight excluding hydrogens is 279 g/mol. The van der Waals surface area contributed by atoms with Crippen LogP contribution in [0.5, 0.6) is 5.75 Å². The maximum absolute atomic E-state index is 12.7. The van der Waals surface area contributed by atoms with E-state index in [2.05, 4.69) is 5.32 Å². The number of hydrogen-bond donors (Lipinski definition) is 1. The summed E-state index contributed by atoms with van der Waals surface area (Å²) >= 11 is 5.99. The van der Waals surface area contributed by atoms with Gasteiger partial charge in [0, 0.05) is 16.6 Å². The summed E-state index contributed by atoms with van der Waals surface area (Å²) in [6.07, 6.45) is -1.76. The molecule has 0 aliphatic carbocycles. The second kappa shape index (κ2) is 5.59. The van der Waals surface area contributed by atoms with Gasteiger partial charge in [-0.15, -0.1) is 0 Å². The summed E-state index contributed by atoms with van der Waals surface area (Å²) in [5.41, 5.74) is -0.144. The lowest BCUT2D eigenvalue weighted by atomic mass is 10.0. The van der Waals surface area contributed by atoms with Crippen molar-refractivity contribution in [2.45, 2.75) is 31.5 Å². The summed E-state index contributed by atoms with van der Waals surface area (Å²) in [6.45, 7) is 0.936. The van der Waals surface area contributed by atoms with E-state index in [1.54, 1.807) is 0 Å². The third kappa shape index (κ3) is 3.34. The van der Waals surface area contributed by atoms with Gasteiger partial charge in [0.2, 0.25) is 0 Å². The van der Waals surface area contributed by atoms with Crippen LogP contribution in [0.3, 0.4) is 0 Å². The Labute approximate surface area is 114 Å². The van der Waals surface area contributed by atoms with Gasteiger partial charge in [-0.25, -0.2) is 0 Å². The number of rotatable bonds is 3. The highest BCUT2D eigenvalue weighted by atomic mass is 35.5. The summed E-state index contributed by atoms with van der Waals surface area (Å²) in [4.78, 5) is 0. The van der Waals surface area contributed by atoms with Crippen molar-refractivity contribution in [2.75, 3.05) is 13.7 Å². The van der Waals surface area contributed by atoms with Gasteiger partial charge in [-0.3, -0.25) is 0 Å². The quantitative estimate of drug-likeness (QED) is 0.918. The maximum atomic E-state index is 12.7. The van der Waals surface area contributed by atoms with Crippen LogP contribution in [0.1, 0.15) is 24.0 Å². The minimum absolute atomic E-state index is 0.111. The van der Waals surface area contributed by atoms with Crippen LogP contribution in [0.15, 0.2) is 12.1 Å². The number of methoxy groups -OCH3 is 1. The average Bonchev–Trinajstić information content (AvgIpc) is 2.83. The lowest BCUT2D eigenvalue weighted by Gasteiger charge is -2.17. The highest BCUT2D eigenvalue weighted by Crippen LogP contribution is 2.37. The third-order valence-electron chi connectivity index (χ3n) is 3.31. The zero-order chi connectivity index (χ0) is 14.0. The molecule has 0 saturated carbocycles. The van der Waals surface area contributed by atoms with Crippen LogP contribution in [-0.4, -0.2) is 19.7 Å². The van der Waals surface area contributed by atoms with Gasteiger partial charge in [0.05, 0.1) is 12.7 Å². The van der Waals surface area contributed by atoms with E-state index in [1.807, 2.05) is 0 Å². The maximum Gasteiger partial charge on any atom is 0.416 e. The molecule has 1 aromatic rings. The Morgan fingerprint density at radius 2 is 2.16 bits per heavy atom. The van der Waals surface area contributed by atoms with Crippen LogP contribution in [-0.2, 0) is 12.6 Å². The van der Waals surface area contributed by atoms with Gasteiger partial charge in [-0.05, 0) is 37.9 Å². The van der Waals surface area contributed by atoms with Crippen molar-refractivity contribution in [3.05, 3.63) is 28.3 Å². The molecule has 1 saturated heterocycles. The molecule has 1 fully saturated rings. The molecule has 1 aliphatic rings. The molecule has 1 unspecified atom stereocenters. The zero-order valence-electron chi connectivity index (χ0n) is 10.5. The Morgan fingerprint density at radius 1 is 1.42 bits per heavy atom. The number of nitrogens with one attached hydrogen (secondary N) is 1. The number of halogens is 4. The highest BCUT2D eigenvalue weighted by molar-refractivity contribution is 6.31. The molecule has 2 nitrogen and oxygen atoms in total. The van der Waals surface area contributed by atoms with Gasteiger partial charge in [0.15, 0.2) is 0 Å². The summed E-state index contributed by atoms with van der Waals surface area (Å²) in [5, 5.41) is 3.40. The van der Waals surface area contributed by atoms with Crippen molar-refractivity contribution in [3.8, 4) is 5.75 Å². The summed E-state index contributed by atoms with van der Waals surface area (Å²) in [6, 6.07) is 2.23. The Morgan fingerprint density at radius 3 is 2.68 bits per heavy atom. The molecule has 0 amide bonds. The lowest BCUT2D eigenvalue weighted by Crippen LogP contribution is -2.24. The molecule has 106 valence electrons. The van der Waals surface area contributed by atoms with E-state index in [-0.39, 0.29) is 16.8 Å². The van der Waals surface area contributed by atoms with Crippen LogP contribution in [0.4, 0.5) is 13.2 Å². The van der Waals surface area contributed by atoms with Crippen molar-refractivity contribution in [2.24, 2.45) is 0 Å². The fourth-order valence-corrected chi connectivity index (χ4v) is 2.62. The monoisotopic (exact) mass is 293 g/mol. The smallest absolute Gasteiger partial charge is 0.416 e. The number of benzene rings is 1. The SMILES string of the molecule is COc1cc(C(F)(F)F)cc(Cl)c1CC1CCCN1. The van der Waals surface area contributed by atoms with E-state index in [4.69, 9.17) is 16.3 Å². The fourth-order valence-electron chi connectivity index (χ4n) is 2.33. The molecular formula is C13H15ClF3NO. The molecule has 0 radical (unpaired) electrons. The Kier molecular flexibility index (Phi) is 4.26. The van der Waals surface area contributed by atoms with E-state index in [0.717, 1.165) is 31.5 Å². The lowest BCUT2D eigenvalue weighted by molar-refractivity contribution is -0.137. The first-order valence-electron chi connectivity index (χ1n) is 6.09. The molecule has 19 heavy (non-hydrogen) atoms. The predicted molar refractivity (Wildman–Crippen MR) is 67.7 cm³/mol. The van der Waals surface area contributed by atoms with Crippen LogP contribution >= 0.6 is 11.6 Å². The van der Waals surface area contributed by atoms with Crippen molar-refractivity contribution in [1.29, 1.82) is 0 Å². The molecule has 1 N–H and O–H groups in total. The number of hydrogen-bond acceptors (Lipinski definition) is 2. The van der Waals surface area contributed by atoms with Crippen LogP contribution < -0.4 is 10.1 Å². The summed E-state index contributed by atoms with van der Waals surface area (Å²) in [7, 11) is 1.36. The Balaban J connectivity index is 2.32. The summed E-state index contributed by atoms with van der Waals surface area (Å²) < 4.78 is 43.1. The summed E-state index contributed by atoms with van der Waals surface area (Å²) in [5.74, 6) is 0.202. The van der Waals surface area contributed by atoms with Gasteiger partial charge in [0.25, 0.3) is 0 Å². The third-order valence-corrected chi connectivity index (χ3v) is 3.65. The zero-order valence-corrected chi connectivity index (χ0v) is 11.2. The molecule has 1 atom stereocenters. The first kappa shape index (κ1) is 14.5. The van der Waals surface area contributed by atoms with E-state index in [0.29, 0.717) is 12.0 Å². The van der Waals surface area contributed by atoms with Crippen LogP contribution in [0.25, 0.3) is 0 Å². The molecule has 6 heteroatoms. The van der Waals surface area contributed by atoms with E-state index in [1.165, 1.54) is 7.11 Å². The normalized spacial score (nSPS) is 19.7. The van der Waals surface area contributed by atoms with E-state index >= 15 is 0 Å². The molecule has 2 rings (SSSR count). The molecule has 0 spiro atoms. The van der Waals surface area contributed by atoms with Crippen molar-refractivity contribution in [3.63, 3.8) is 0 Å². The fraction of sp³-hybridized carbons (Fsp3) is 0.538. The topological polar surface area (TPSA) is 21.3 Å². The number of ether oxygens (including phenoxy) is 1. The van der Waals surface area contributed by atoms with Gasteiger partial charge >= 0.3 is 6.18 Å². The van der Waals surface area contributed by atoms with E-state index < -0.39 is 11.7 Å². The van der Waals surface area contributed by atoms with Crippen LogP contribution in [0, 0.1) is 0 Å². The second-order valence-corrected chi connectivity index (χ2v) is 5.04. The second-order valence-electron chi connectivity index (χ2n) is 4.63. The Hall–Kier alpha value is -0.940. The Bertz CT molecular complexity index is 456. The average molecular weight is 294 g/mol. The highest BCUT2D eigenvalue weighted by Gasteiger charge is 2.32. The molecule has 0 bridgehead atoms. The van der Waals surface area contributed by atoms with E-state index in [9.17, 15) is 13.2 Å². The molecule has 0 aromatic heterocycles. The van der Waals surface area contributed by atoms with Gasteiger partial charge in [0.1, 0.15) is 5.75 Å². The van der Waals surface area contributed by atoms with Crippen molar-refractivity contribution >= 4 is 11.6 Å². The van der Waals surface area contributed by atoms with Gasteiger partial charge in [-0.1, -0.05) is 11.6 Å². The molecule has 1 heterocycles.